The van der Waals surface area contributed by atoms with Gasteiger partial charge >= 0.3 is 5.97 Å². The predicted molar refractivity (Wildman–Crippen MR) is 71.4 cm³/mol. The minimum Gasteiger partial charge on any atom is -0.462 e. The van der Waals surface area contributed by atoms with Crippen LogP contribution in [-0.4, -0.2) is 28.9 Å². The minimum absolute atomic E-state index is 0.0862. The average molecular weight is 294 g/mol. The first-order valence-corrected chi connectivity index (χ1v) is 7.24. The smallest absolute Gasteiger partial charge is 0.313 e. The van der Waals surface area contributed by atoms with E-state index < -0.39 is 23.8 Å². The van der Waals surface area contributed by atoms with E-state index in [2.05, 4.69) is 0 Å². The zero-order valence-corrected chi connectivity index (χ0v) is 11.7. The van der Waals surface area contributed by atoms with Crippen LogP contribution in [0.4, 0.5) is 0 Å². The molecule has 1 amide bonds. The number of nitrogens with zero attached hydrogens (tertiary/aromatic N) is 1. The maximum atomic E-state index is 11.9. The van der Waals surface area contributed by atoms with Crippen LogP contribution in [0.15, 0.2) is 11.6 Å². The van der Waals surface area contributed by atoms with Crippen LogP contribution in [0.2, 0.25) is 0 Å². The lowest BCUT2D eigenvalue weighted by molar-refractivity contribution is -0.524. The van der Waals surface area contributed by atoms with Gasteiger partial charge in [-0.1, -0.05) is 11.6 Å². The molecule has 0 bridgehead atoms. The highest BCUT2D eigenvalue weighted by Gasteiger charge is 2.54. The Bertz CT molecular complexity index is 543. The number of nitro groups is 1. The predicted octanol–water partition coefficient (Wildman–Crippen LogP) is 0.651. The molecule has 21 heavy (non-hydrogen) atoms. The second-order valence-electron chi connectivity index (χ2n) is 6.24. The summed E-state index contributed by atoms with van der Waals surface area (Å²) in [6.07, 6.45) is 2.77. The molecule has 1 heterocycles. The molecule has 6 atom stereocenters. The number of fused-ring (bicyclic) bond motifs is 2. The fraction of sp³-hybridized carbons (Fsp3) is 0.714. The van der Waals surface area contributed by atoms with E-state index in [0.717, 1.165) is 5.57 Å². The summed E-state index contributed by atoms with van der Waals surface area (Å²) >= 11 is 0. The van der Waals surface area contributed by atoms with Crippen LogP contribution >= 0.6 is 0 Å². The Morgan fingerprint density at radius 1 is 1.48 bits per heavy atom. The van der Waals surface area contributed by atoms with Gasteiger partial charge in [-0.2, -0.15) is 0 Å². The second-order valence-corrected chi connectivity index (χ2v) is 6.24. The van der Waals surface area contributed by atoms with Crippen molar-refractivity contribution in [3.8, 4) is 0 Å². The van der Waals surface area contributed by atoms with Gasteiger partial charge in [0.05, 0.1) is 11.8 Å². The van der Waals surface area contributed by atoms with Gasteiger partial charge in [-0.05, 0) is 19.3 Å². The molecule has 0 aromatic rings. The Kier molecular flexibility index (Phi) is 3.22. The molecular formula is C14H18N2O5. The van der Waals surface area contributed by atoms with Crippen molar-refractivity contribution in [1.29, 1.82) is 0 Å². The Morgan fingerprint density at radius 3 is 2.81 bits per heavy atom. The molecule has 0 radical (unpaired) electrons. The number of ether oxygens (including phenoxy) is 1. The van der Waals surface area contributed by atoms with Crippen LogP contribution in [0, 0.1) is 33.8 Å². The van der Waals surface area contributed by atoms with Crippen molar-refractivity contribution in [3.63, 3.8) is 0 Å². The molecule has 3 aliphatic rings. The number of amides is 1. The number of hydrogen-bond acceptors (Lipinski definition) is 5. The van der Waals surface area contributed by atoms with Crippen molar-refractivity contribution in [3.05, 3.63) is 21.8 Å². The van der Waals surface area contributed by atoms with Crippen molar-refractivity contribution in [1.82, 2.24) is 0 Å². The molecule has 1 saturated heterocycles. The van der Waals surface area contributed by atoms with Gasteiger partial charge < -0.3 is 10.5 Å². The SMILES string of the molecule is C[C@H]1OC(=O)[C@@H]2C=C3CC([N+](=O)[O-])CC[C@@H]3[C@H](C(N)=O)[C@H]12. The van der Waals surface area contributed by atoms with Gasteiger partial charge in [-0.3, -0.25) is 19.7 Å². The topological polar surface area (TPSA) is 113 Å². The molecule has 7 nitrogen and oxygen atoms in total. The lowest BCUT2D eigenvalue weighted by Gasteiger charge is -2.40. The van der Waals surface area contributed by atoms with E-state index in [0.29, 0.717) is 19.3 Å². The van der Waals surface area contributed by atoms with E-state index in [9.17, 15) is 19.7 Å². The van der Waals surface area contributed by atoms with Crippen LogP contribution in [0.1, 0.15) is 26.2 Å². The van der Waals surface area contributed by atoms with Crippen LogP contribution < -0.4 is 5.73 Å². The zero-order valence-electron chi connectivity index (χ0n) is 11.7. The first-order valence-electron chi connectivity index (χ1n) is 7.24. The summed E-state index contributed by atoms with van der Waals surface area (Å²) in [6, 6.07) is -0.632. The normalized spacial score (nSPS) is 41.6. The minimum atomic E-state index is -0.632. The van der Waals surface area contributed by atoms with E-state index in [1.807, 2.05) is 0 Å². The van der Waals surface area contributed by atoms with E-state index in [-0.39, 0.29) is 28.8 Å². The molecule has 0 aromatic heterocycles. The van der Waals surface area contributed by atoms with E-state index in [4.69, 9.17) is 10.5 Å². The van der Waals surface area contributed by atoms with Gasteiger partial charge in [-0.25, -0.2) is 0 Å². The van der Waals surface area contributed by atoms with Crippen molar-refractivity contribution in [2.45, 2.75) is 38.3 Å². The van der Waals surface area contributed by atoms with Crippen molar-refractivity contribution in [2.24, 2.45) is 29.4 Å². The number of esters is 1. The molecule has 2 fully saturated rings. The lowest BCUT2D eigenvalue weighted by atomic mass is 9.62. The summed E-state index contributed by atoms with van der Waals surface area (Å²) in [5, 5.41) is 11.0. The summed E-state index contributed by atoms with van der Waals surface area (Å²) in [7, 11) is 0. The Balaban J connectivity index is 1.98. The number of carbonyl (C=O) groups is 2. The van der Waals surface area contributed by atoms with Gasteiger partial charge in [0.2, 0.25) is 11.9 Å². The maximum absolute atomic E-state index is 11.9. The fourth-order valence-electron chi connectivity index (χ4n) is 4.24. The molecule has 7 heteroatoms. The van der Waals surface area contributed by atoms with Gasteiger partial charge in [0.15, 0.2) is 0 Å². The molecule has 3 rings (SSSR count). The van der Waals surface area contributed by atoms with E-state index in [1.165, 1.54) is 0 Å². The van der Waals surface area contributed by atoms with Gasteiger partial charge in [0.1, 0.15) is 6.10 Å². The lowest BCUT2D eigenvalue weighted by Crippen LogP contribution is -2.46. The number of rotatable bonds is 2. The highest BCUT2D eigenvalue weighted by atomic mass is 16.6. The molecule has 2 N–H and O–H groups in total. The maximum Gasteiger partial charge on any atom is 0.313 e. The Labute approximate surface area is 121 Å². The molecule has 2 aliphatic carbocycles. The summed E-state index contributed by atoms with van der Waals surface area (Å²) in [4.78, 5) is 34.5. The quantitative estimate of drug-likeness (QED) is 0.348. The van der Waals surface area contributed by atoms with Crippen molar-refractivity contribution in [2.75, 3.05) is 0 Å². The van der Waals surface area contributed by atoms with E-state index in [1.54, 1.807) is 13.0 Å². The van der Waals surface area contributed by atoms with Crippen molar-refractivity contribution < 1.29 is 19.2 Å². The van der Waals surface area contributed by atoms with Crippen LogP contribution in [0.5, 0.6) is 0 Å². The molecule has 0 spiro atoms. The van der Waals surface area contributed by atoms with Gasteiger partial charge in [0, 0.05) is 23.7 Å². The Morgan fingerprint density at radius 2 is 2.19 bits per heavy atom. The summed E-state index contributed by atoms with van der Waals surface area (Å²) in [5.74, 6) is -2.08. The highest BCUT2D eigenvalue weighted by Crippen LogP contribution is 2.49. The fourth-order valence-corrected chi connectivity index (χ4v) is 4.24. The zero-order chi connectivity index (χ0) is 15.3. The standard InChI is InChI=1S/C14H18N2O5/c1-6-11-10(14(18)21-6)5-7-4-8(16(19)20)2-3-9(7)12(11)13(15)17/h5-6,8-12H,2-4H2,1H3,(H2,15,17)/t6-,8?,9+,10-,11-,12+/m1/s1. The summed E-state index contributed by atoms with van der Waals surface area (Å²) < 4.78 is 5.24. The molecule has 1 unspecified atom stereocenters. The summed E-state index contributed by atoms with van der Waals surface area (Å²) in [5.41, 5.74) is 6.40. The third-order valence-electron chi connectivity index (χ3n) is 5.16. The second kappa shape index (κ2) is 4.82. The first-order chi connectivity index (χ1) is 9.90. The van der Waals surface area contributed by atoms with Crippen molar-refractivity contribution >= 4 is 11.9 Å². The van der Waals surface area contributed by atoms with Crippen LogP contribution in [-0.2, 0) is 14.3 Å². The third-order valence-corrected chi connectivity index (χ3v) is 5.16. The molecule has 1 aliphatic heterocycles. The number of cyclic esters (lactones) is 1. The first kappa shape index (κ1) is 14.0. The molecule has 114 valence electrons. The number of nitrogens with two attached hydrogens (primary N) is 1. The molecule has 1 saturated carbocycles. The molecular weight excluding hydrogens is 276 g/mol. The monoisotopic (exact) mass is 294 g/mol. The largest absolute Gasteiger partial charge is 0.462 e. The summed E-state index contributed by atoms with van der Waals surface area (Å²) in [6.45, 7) is 1.78. The van der Waals surface area contributed by atoms with Crippen LogP contribution in [0.25, 0.3) is 0 Å². The number of primary amides is 1. The highest BCUT2D eigenvalue weighted by molar-refractivity contribution is 5.83. The Hall–Kier alpha value is -1.92. The van der Waals surface area contributed by atoms with Gasteiger partial charge in [-0.15, -0.1) is 0 Å². The van der Waals surface area contributed by atoms with Gasteiger partial charge in [0.25, 0.3) is 0 Å². The third kappa shape index (κ3) is 2.11. The van der Waals surface area contributed by atoms with E-state index >= 15 is 0 Å². The van der Waals surface area contributed by atoms with Crippen LogP contribution in [0.3, 0.4) is 0 Å². The molecule has 0 aromatic carbocycles. The number of hydrogen-bond donors (Lipinski definition) is 1. The average Bonchev–Trinajstić information content (AvgIpc) is 2.70. The number of carbonyl (C=O) groups excluding carboxylic acids is 2.